The quantitative estimate of drug-likeness (QED) is 0.777. The molecule has 0 atom stereocenters. The van der Waals surface area contributed by atoms with Crippen LogP contribution in [-0.2, 0) is 10.0 Å². The Labute approximate surface area is 140 Å². The van der Waals surface area contributed by atoms with Crippen LogP contribution in [0.1, 0.15) is 30.1 Å². The molecule has 122 valence electrons. The average Bonchev–Trinajstić information content (AvgIpc) is 2.52. The third-order valence-corrected chi connectivity index (χ3v) is 6.20. The lowest BCUT2D eigenvalue weighted by atomic mass is 10.2. The van der Waals surface area contributed by atoms with E-state index in [-0.39, 0.29) is 11.7 Å². The number of piperazine rings is 1. The Hall–Kier alpha value is -0.920. The highest BCUT2D eigenvalue weighted by Crippen LogP contribution is 2.16. The number of rotatable bonds is 5. The fourth-order valence-electron chi connectivity index (χ4n) is 2.43. The summed E-state index contributed by atoms with van der Waals surface area (Å²) in [6.07, 6.45) is 1.54. The molecule has 0 unspecified atom stereocenters. The summed E-state index contributed by atoms with van der Waals surface area (Å²) in [5.41, 5.74) is 0.622. The summed E-state index contributed by atoms with van der Waals surface area (Å²) in [7, 11) is -3.18. The molecule has 0 aromatic heterocycles. The number of carbonyl (C=O) groups is 1. The second kappa shape index (κ2) is 7.57. The number of benzene rings is 1. The first-order valence-corrected chi connectivity index (χ1v) is 9.87. The van der Waals surface area contributed by atoms with Crippen molar-refractivity contribution in [1.82, 2.24) is 9.21 Å². The van der Waals surface area contributed by atoms with Crippen LogP contribution in [-0.4, -0.2) is 55.5 Å². The summed E-state index contributed by atoms with van der Waals surface area (Å²) in [5.74, 6) is 0.148. The summed E-state index contributed by atoms with van der Waals surface area (Å²) >= 11 is 3.36. The summed E-state index contributed by atoms with van der Waals surface area (Å²) in [4.78, 5) is 14.1. The van der Waals surface area contributed by atoms with Gasteiger partial charge in [0.15, 0.2) is 0 Å². The first kappa shape index (κ1) is 17.4. The number of unbranched alkanes of at least 4 members (excludes halogenated alkanes) is 1. The van der Waals surface area contributed by atoms with Crippen LogP contribution in [0.15, 0.2) is 28.7 Å². The standard InChI is InChI=1S/C15H21BrN2O3S/c1-2-3-11-22(20,21)18-9-7-17(8-10-18)15(19)13-5-4-6-14(16)12-13/h4-6,12H,2-3,7-11H2,1H3. The SMILES string of the molecule is CCCCS(=O)(=O)N1CCN(C(=O)c2cccc(Br)c2)CC1. The highest BCUT2D eigenvalue weighted by atomic mass is 79.9. The molecule has 0 radical (unpaired) electrons. The maximum Gasteiger partial charge on any atom is 0.253 e. The molecule has 1 fully saturated rings. The first-order valence-electron chi connectivity index (χ1n) is 7.46. The molecule has 5 nitrogen and oxygen atoms in total. The van der Waals surface area contributed by atoms with E-state index in [9.17, 15) is 13.2 Å². The van der Waals surface area contributed by atoms with Crippen LogP contribution in [0.3, 0.4) is 0 Å². The molecule has 1 heterocycles. The number of nitrogens with zero attached hydrogens (tertiary/aromatic N) is 2. The third-order valence-electron chi connectivity index (χ3n) is 3.75. The van der Waals surface area contributed by atoms with Gasteiger partial charge in [-0.1, -0.05) is 35.3 Å². The van der Waals surface area contributed by atoms with E-state index in [0.717, 1.165) is 10.9 Å². The summed E-state index contributed by atoms with van der Waals surface area (Å²) in [6, 6.07) is 7.25. The van der Waals surface area contributed by atoms with Crippen molar-refractivity contribution >= 4 is 31.9 Å². The van der Waals surface area contributed by atoms with Gasteiger partial charge in [0.1, 0.15) is 0 Å². The topological polar surface area (TPSA) is 57.7 Å². The van der Waals surface area contributed by atoms with Crippen molar-refractivity contribution in [2.75, 3.05) is 31.9 Å². The maximum atomic E-state index is 12.4. The monoisotopic (exact) mass is 388 g/mol. The first-order chi connectivity index (χ1) is 10.4. The molecule has 22 heavy (non-hydrogen) atoms. The van der Waals surface area contributed by atoms with Gasteiger partial charge in [-0.3, -0.25) is 4.79 Å². The molecule has 1 saturated heterocycles. The molecule has 0 N–H and O–H groups in total. The summed E-state index contributed by atoms with van der Waals surface area (Å²) in [5, 5.41) is 0. The molecule has 0 saturated carbocycles. The van der Waals surface area contributed by atoms with Gasteiger partial charge < -0.3 is 4.90 Å². The zero-order chi connectivity index (χ0) is 16.2. The molecular formula is C15H21BrN2O3S. The van der Waals surface area contributed by atoms with E-state index in [1.54, 1.807) is 17.0 Å². The van der Waals surface area contributed by atoms with Gasteiger partial charge in [-0.05, 0) is 24.6 Å². The molecule has 1 aromatic rings. The Morgan fingerprint density at radius 3 is 2.50 bits per heavy atom. The Balaban J connectivity index is 1.96. The fourth-order valence-corrected chi connectivity index (χ4v) is 4.46. The number of halogens is 1. The molecule has 1 amide bonds. The summed E-state index contributed by atoms with van der Waals surface area (Å²) < 4.78 is 26.7. The Morgan fingerprint density at radius 1 is 1.23 bits per heavy atom. The van der Waals surface area contributed by atoms with Gasteiger partial charge in [-0.25, -0.2) is 8.42 Å². The normalized spacial score (nSPS) is 16.7. The van der Waals surface area contributed by atoms with E-state index >= 15 is 0 Å². The average molecular weight is 389 g/mol. The van der Waals surface area contributed by atoms with Crippen LogP contribution in [0.25, 0.3) is 0 Å². The van der Waals surface area contributed by atoms with Crippen LogP contribution < -0.4 is 0 Å². The summed E-state index contributed by atoms with van der Waals surface area (Å²) in [6.45, 7) is 3.62. The van der Waals surface area contributed by atoms with E-state index in [2.05, 4.69) is 15.9 Å². The largest absolute Gasteiger partial charge is 0.336 e. The number of hydrogen-bond acceptors (Lipinski definition) is 3. The molecule has 1 aliphatic rings. The van der Waals surface area contributed by atoms with E-state index in [0.29, 0.717) is 38.2 Å². The molecule has 0 spiro atoms. The van der Waals surface area contributed by atoms with E-state index in [1.165, 1.54) is 4.31 Å². The van der Waals surface area contributed by atoms with E-state index in [4.69, 9.17) is 0 Å². The van der Waals surface area contributed by atoms with E-state index in [1.807, 2.05) is 19.1 Å². The second-order valence-corrected chi connectivity index (χ2v) is 8.38. The van der Waals surface area contributed by atoms with Gasteiger partial charge in [0.25, 0.3) is 5.91 Å². The van der Waals surface area contributed by atoms with Crippen molar-refractivity contribution < 1.29 is 13.2 Å². The fraction of sp³-hybridized carbons (Fsp3) is 0.533. The Morgan fingerprint density at radius 2 is 1.91 bits per heavy atom. The van der Waals surface area contributed by atoms with Crippen molar-refractivity contribution in [1.29, 1.82) is 0 Å². The molecule has 0 aliphatic carbocycles. The van der Waals surface area contributed by atoms with Crippen LogP contribution in [0.5, 0.6) is 0 Å². The zero-order valence-electron chi connectivity index (χ0n) is 12.7. The minimum atomic E-state index is -3.18. The van der Waals surface area contributed by atoms with Gasteiger partial charge in [0, 0.05) is 36.2 Å². The number of carbonyl (C=O) groups excluding carboxylic acids is 1. The van der Waals surface area contributed by atoms with Gasteiger partial charge in [-0.2, -0.15) is 4.31 Å². The molecule has 1 aliphatic heterocycles. The van der Waals surface area contributed by atoms with Crippen molar-refractivity contribution in [2.45, 2.75) is 19.8 Å². The predicted molar refractivity (Wildman–Crippen MR) is 90.3 cm³/mol. The Bertz CT molecular complexity index is 625. The van der Waals surface area contributed by atoms with Crippen LogP contribution in [0.2, 0.25) is 0 Å². The van der Waals surface area contributed by atoms with Gasteiger partial charge >= 0.3 is 0 Å². The van der Waals surface area contributed by atoms with Crippen molar-refractivity contribution in [3.8, 4) is 0 Å². The lowest BCUT2D eigenvalue weighted by Gasteiger charge is -2.34. The van der Waals surface area contributed by atoms with Crippen molar-refractivity contribution in [3.63, 3.8) is 0 Å². The van der Waals surface area contributed by atoms with Gasteiger partial charge in [0.2, 0.25) is 10.0 Å². The van der Waals surface area contributed by atoms with Crippen LogP contribution in [0, 0.1) is 0 Å². The lowest BCUT2D eigenvalue weighted by molar-refractivity contribution is 0.0698. The van der Waals surface area contributed by atoms with Gasteiger partial charge in [-0.15, -0.1) is 0 Å². The highest BCUT2D eigenvalue weighted by molar-refractivity contribution is 9.10. The highest BCUT2D eigenvalue weighted by Gasteiger charge is 2.28. The van der Waals surface area contributed by atoms with Crippen LogP contribution >= 0.6 is 15.9 Å². The zero-order valence-corrected chi connectivity index (χ0v) is 15.1. The van der Waals surface area contributed by atoms with Crippen molar-refractivity contribution in [3.05, 3.63) is 34.3 Å². The number of sulfonamides is 1. The minimum absolute atomic E-state index is 0.0492. The molecule has 0 bridgehead atoms. The van der Waals surface area contributed by atoms with Crippen LogP contribution in [0.4, 0.5) is 0 Å². The third kappa shape index (κ3) is 4.30. The number of hydrogen-bond donors (Lipinski definition) is 0. The van der Waals surface area contributed by atoms with Crippen molar-refractivity contribution in [2.24, 2.45) is 0 Å². The molecule has 2 rings (SSSR count). The second-order valence-electron chi connectivity index (χ2n) is 5.37. The van der Waals surface area contributed by atoms with Gasteiger partial charge in [0.05, 0.1) is 5.75 Å². The number of amides is 1. The molecular weight excluding hydrogens is 368 g/mol. The van der Waals surface area contributed by atoms with E-state index < -0.39 is 10.0 Å². The maximum absolute atomic E-state index is 12.4. The predicted octanol–water partition coefficient (Wildman–Crippen LogP) is 2.34. The lowest BCUT2D eigenvalue weighted by Crippen LogP contribution is -2.51. The molecule has 7 heteroatoms. The molecule has 1 aromatic carbocycles. The Kier molecular flexibility index (Phi) is 6.00. The smallest absolute Gasteiger partial charge is 0.253 e. The minimum Gasteiger partial charge on any atom is -0.336 e.